The maximum Gasteiger partial charge on any atom is 0.333 e. The highest BCUT2D eigenvalue weighted by atomic mass is 16.5. The van der Waals surface area contributed by atoms with Crippen LogP contribution >= 0.6 is 0 Å². The minimum absolute atomic E-state index is 0.0548. The van der Waals surface area contributed by atoms with E-state index in [-0.39, 0.29) is 6.61 Å². The molecule has 1 aromatic rings. The number of ether oxygens (including phenoxy) is 1. The number of hydrogen-bond acceptors (Lipinski definition) is 3. The summed E-state index contributed by atoms with van der Waals surface area (Å²) in [7, 11) is 1.38. The fourth-order valence-electron chi connectivity index (χ4n) is 1.43. The number of rotatable bonds is 5. The second-order valence-corrected chi connectivity index (χ2v) is 3.74. The van der Waals surface area contributed by atoms with Gasteiger partial charge in [0.1, 0.15) is 0 Å². The van der Waals surface area contributed by atoms with Crippen LogP contribution < -0.4 is 0 Å². The zero-order valence-corrected chi connectivity index (χ0v) is 10.2. The van der Waals surface area contributed by atoms with E-state index in [1.165, 1.54) is 7.11 Å². The molecule has 96 valence electrons. The first kappa shape index (κ1) is 14.2. The van der Waals surface area contributed by atoms with E-state index in [0.29, 0.717) is 12.8 Å². The van der Waals surface area contributed by atoms with Crippen LogP contribution in [0.2, 0.25) is 0 Å². The molecule has 0 bridgehead atoms. The highest BCUT2D eigenvalue weighted by Gasteiger charge is 2.16. The Kier molecular flexibility index (Phi) is 5.92. The minimum Gasteiger partial charge on any atom is -0.479 e. The molecule has 1 unspecified atom stereocenters. The number of carboxylic acids is 1. The Morgan fingerprint density at radius 2 is 2.06 bits per heavy atom. The molecule has 0 aliphatic rings. The maximum atomic E-state index is 10.8. The van der Waals surface area contributed by atoms with Crippen molar-refractivity contribution in [1.29, 1.82) is 0 Å². The zero-order valence-electron chi connectivity index (χ0n) is 10.2. The van der Waals surface area contributed by atoms with Gasteiger partial charge in [0.2, 0.25) is 0 Å². The molecule has 18 heavy (non-hydrogen) atoms. The summed E-state index contributed by atoms with van der Waals surface area (Å²) in [5, 5.41) is 17.5. The van der Waals surface area contributed by atoms with Gasteiger partial charge in [0.05, 0.1) is 6.61 Å². The van der Waals surface area contributed by atoms with Crippen LogP contribution in [0.1, 0.15) is 17.5 Å². The monoisotopic (exact) mass is 248 g/mol. The Balaban J connectivity index is 2.66. The van der Waals surface area contributed by atoms with Crippen molar-refractivity contribution in [3.05, 3.63) is 35.4 Å². The lowest BCUT2D eigenvalue weighted by Gasteiger charge is -2.09. The van der Waals surface area contributed by atoms with Crippen molar-refractivity contribution in [2.24, 2.45) is 0 Å². The second-order valence-electron chi connectivity index (χ2n) is 3.74. The Morgan fingerprint density at radius 3 is 2.56 bits per heavy atom. The molecule has 0 spiro atoms. The highest BCUT2D eigenvalue weighted by molar-refractivity contribution is 5.72. The van der Waals surface area contributed by atoms with Crippen LogP contribution in [0, 0.1) is 11.8 Å². The van der Waals surface area contributed by atoms with E-state index >= 15 is 0 Å². The zero-order chi connectivity index (χ0) is 13.4. The summed E-state index contributed by atoms with van der Waals surface area (Å²) >= 11 is 0. The molecule has 0 aliphatic carbocycles. The van der Waals surface area contributed by atoms with Crippen molar-refractivity contribution >= 4 is 5.97 Å². The average Bonchev–Trinajstić information content (AvgIpc) is 2.37. The van der Waals surface area contributed by atoms with Crippen molar-refractivity contribution in [1.82, 2.24) is 0 Å². The number of aliphatic hydroxyl groups excluding tert-OH is 1. The molecule has 0 fully saturated rings. The number of benzene rings is 1. The summed E-state index contributed by atoms with van der Waals surface area (Å²) in [5.74, 6) is 4.76. The average molecular weight is 248 g/mol. The first-order valence-corrected chi connectivity index (χ1v) is 5.61. The van der Waals surface area contributed by atoms with E-state index in [1.807, 2.05) is 24.3 Å². The summed E-state index contributed by atoms with van der Waals surface area (Å²) in [4.78, 5) is 10.8. The van der Waals surface area contributed by atoms with Gasteiger partial charge in [-0.1, -0.05) is 24.0 Å². The van der Waals surface area contributed by atoms with Gasteiger partial charge in [0, 0.05) is 25.5 Å². The lowest BCUT2D eigenvalue weighted by atomic mass is 10.1. The van der Waals surface area contributed by atoms with E-state index in [4.69, 9.17) is 14.9 Å². The van der Waals surface area contributed by atoms with Crippen LogP contribution in [-0.2, 0) is 16.0 Å². The van der Waals surface area contributed by atoms with Gasteiger partial charge in [-0.3, -0.25) is 0 Å². The predicted octanol–water partition coefficient (Wildman–Crippen LogP) is 1.06. The molecule has 0 aromatic heterocycles. The Labute approximate surface area is 106 Å². The molecule has 4 nitrogen and oxygen atoms in total. The quantitative estimate of drug-likeness (QED) is 0.765. The second kappa shape index (κ2) is 7.49. The first-order chi connectivity index (χ1) is 8.67. The summed E-state index contributed by atoms with van der Waals surface area (Å²) in [5.41, 5.74) is 1.73. The van der Waals surface area contributed by atoms with Gasteiger partial charge < -0.3 is 14.9 Å². The van der Waals surface area contributed by atoms with E-state index in [0.717, 1.165) is 11.1 Å². The van der Waals surface area contributed by atoms with Crippen molar-refractivity contribution in [2.75, 3.05) is 13.7 Å². The van der Waals surface area contributed by atoms with Gasteiger partial charge >= 0.3 is 5.97 Å². The Morgan fingerprint density at radius 1 is 1.39 bits per heavy atom. The summed E-state index contributed by atoms with van der Waals surface area (Å²) < 4.78 is 4.87. The molecule has 0 saturated carbocycles. The number of hydrogen-bond donors (Lipinski definition) is 2. The van der Waals surface area contributed by atoms with E-state index < -0.39 is 12.1 Å². The normalized spacial score (nSPS) is 11.4. The number of aliphatic hydroxyl groups is 1. The number of methoxy groups -OCH3 is 1. The molecule has 0 amide bonds. The lowest BCUT2D eigenvalue weighted by molar-refractivity contribution is -0.148. The topological polar surface area (TPSA) is 66.8 Å². The van der Waals surface area contributed by atoms with E-state index in [9.17, 15) is 4.79 Å². The Bertz CT molecular complexity index is 439. The van der Waals surface area contributed by atoms with Crippen molar-refractivity contribution in [3.8, 4) is 11.8 Å². The fourth-order valence-corrected chi connectivity index (χ4v) is 1.43. The molecule has 0 radical (unpaired) electrons. The van der Waals surface area contributed by atoms with Crippen molar-refractivity contribution in [3.63, 3.8) is 0 Å². The van der Waals surface area contributed by atoms with Gasteiger partial charge in [-0.2, -0.15) is 0 Å². The lowest BCUT2D eigenvalue weighted by Crippen LogP contribution is -2.24. The molecule has 0 heterocycles. The molecule has 1 aromatic carbocycles. The molecule has 0 aliphatic heterocycles. The smallest absolute Gasteiger partial charge is 0.333 e. The first-order valence-electron chi connectivity index (χ1n) is 5.61. The minimum atomic E-state index is -0.968. The van der Waals surface area contributed by atoms with Crippen LogP contribution in [0.4, 0.5) is 0 Å². The van der Waals surface area contributed by atoms with Gasteiger partial charge in [0.25, 0.3) is 0 Å². The molecule has 1 atom stereocenters. The van der Waals surface area contributed by atoms with Gasteiger partial charge in [-0.15, -0.1) is 0 Å². The maximum absolute atomic E-state index is 10.8. The predicted molar refractivity (Wildman–Crippen MR) is 67.2 cm³/mol. The number of carboxylic acid groups (broad SMARTS) is 1. The summed E-state index contributed by atoms with van der Waals surface area (Å²) in [6.07, 6.45) is -0.0424. The summed E-state index contributed by atoms with van der Waals surface area (Å²) in [6.45, 7) is 0.0548. The molecular formula is C14H16O4. The standard InChI is InChI=1S/C14H16O4/c1-18-13(14(16)17)10-12-7-5-11(6-8-12)4-2-3-9-15/h5-8,13,15H,3,9-10H2,1H3,(H,16,17). The van der Waals surface area contributed by atoms with Crippen molar-refractivity contribution < 1.29 is 19.7 Å². The Hall–Kier alpha value is -1.83. The van der Waals surface area contributed by atoms with Crippen molar-refractivity contribution in [2.45, 2.75) is 18.9 Å². The number of carbonyl (C=O) groups is 1. The third-order valence-corrected chi connectivity index (χ3v) is 2.40. The number of aliphatic carboxylic acids is 1. The third-order valence-electron chi connectivity index (χ3n) is 2.40. The molecule has 2 N–H and O–H groups in total. The largest absolute Gasteiger partial charge is 0.479 e. The van der Waals surface area contributed by atoms with E-state index in [1.54, 1.807) is 0 Å². The third kappa shape index (κ3) is 4.58. The molecule has 0 saturated heterocycles. The molecule has 4 heteroatoms. The van der Waals surface area contributed by atoms with Gasteiger partial charge in [-0.25, -0.2) is 4.79 Å². The van der Waals surface area contributed by atoms with Crippen LogP contribution in [0.15, 0.2) is 24.3 Å². The van der Waals surface area contributed by atoms with Gasteiger partial charge in [0.15, 0.2) is 6.10 Å². The van der Waals surface area contributed by atoms with Crippen LogP contribution in [0.3, 0.4) is 0 Å². The van der Waals surface area contributed by atoms with Crippen LogP contribution in [0.5, 0.6) is 0 Å². The highest BCUT2D eigenvalue weighted by Crippen LogP contribution is 2.08. The molecule has 1 rings (SSSR count). The van der Waals surface area contributed by atoms with Crippen LogP contribution in [-0.4, -0.2) is 36.0 Å². The van der Waals surface area contributed by atoms with E-state index in [2.05, 4.69) is 11.8 Å². The SMILES string of the molecule is COC(Cc1ccc(C#CCCO)cc1)C(=O)O. The summed E-state index contributed by atoms with van der Waals surface area (Å²) in [6, 6.07) is 7.32. The van der Waals surface area contributed by atoms with Crippen LogP contribution in [0.25, 0.3) is 0 Å². The molecular weight excluding hydrogens is 232 g/mol. The fraction of sp³-hybridized carbons (Fsp3) is 0.357. The van der Waals surface area contributed by atoms with Gasteiger partial charge in [-0.05, 0) is 17.7 Å².